The largest absolute Gasteiger partial charge is 0.385 e. The first kappa shape index (κ1) is 16.7. The van der Waals surface area contributed by atoms with E-state index < -0.39 is 0 Å². The maximum absolute atomic E-state index is 6.01. The Hall–Kier alpha value is -0.400. The molecular weight excluding hydrogens is 277 g/mol. The fourth-order valence-electron chi connectivity index (χ4n) is 3.34. The third kappa shape index (κ3) is 4.29. The molecule has 0 amide bonds. The summed E-state index contributed by atoms with van der Waals surface area (Å²) in [6, 6.07) is 8.01. The van der Waals surface area contributed by atoms with Crippen molar-refractivity contribution >= 4 is 29.7 Å². The smallest absolute Gasteiger partial charge is 0.0426 e. The van der Waals surface area contributed by atoms with Crippen LogP contribution in [0.2, 0.25) is 5.02 Å². The third-order valence-corrected chi connectivity index (χ3v) is 4.76. The second kappa shape index (κ2) is 6.85. The van der Waals surface area contributed by atoms with Crippen molar-refractivity contribution in [2.75, 3.05) is 11.9 Å². The highest BCUT2D eigenvalue weighted by molar-refractivity contribution is 6.30. The van der Waals surface area contributed by atoms with Crippen molar-refractivity contribution in [2.45, 2.75) is 40.0 Å². The number of benzene rings is 1. The summed E-state index contributed by atoms with van der Waals surface area (Å²) >= 11 is 6.01. The second-order valence-corrected chi connectivity index (χ2v) is 6.79. The highest BCUT2D eigenvalue weighted by Crippen LogP contribution is 2.43. The van der Waals surface area contributed by atoms with Crippen LogP contribution >= 0.6 is 24.0 Å². The van der Waals surface area contributed by atoms with Gasteiger partial charge in [-0.2, -0.15) is 0 Å². The van der Waals surface area contributed by atoms with Gasteiger partial charge in [-0.1, -0.05) is 51.3 Å². The normalized spacial score (nSPS) is 25.5. The summed E-state index contributed by atoms with van der Waals surface area (Å²) in [6.07, 6.45) is 4.09. The Morgan fingerprint density at radius 1 is 1.37 bits per heavy atom. The molecule has 0 spiro atoms. The molecule has 0 saturated heterocycles. The van der Waals surface area contributed by atoms with Crippen molar-refractivity contribution in [3.63, 3.8) is 0 Å². The predicted octanol–water partition coefficient (Wildman–Crippen LogP) is 5.64. The number of rotatable bonds is 3. The molecule has 0 bridgehead atoms. The molecule has 2 atom stereocenters. The Morgan fingerprint density at radius 2 is 2.11 bits per heavy atom. The van der Waals surface area contributed by atoms with Crippen LogP contribution in [0.25, 0.3) is 0 Å². The van der Waals surface area contributed by atoms with Crippen LogP contribution in [-0.2, 0) is 0 Å². The fraction of sp³-hybridized carbons (Fsp3) is 0.625. The molecule has 1 nitrogen and oxygen atoms in total. The van der Waals surface area contributed by atoms with Gasteiger partial charge in [-0.3, -0.25) is 0 Å². The molecule has 3 heteroatoms. The molecule has 1 saturated carbocycles. The van der Waals surface area contributed by atoms with Crippen LogP contribution in [-0.4, -0.2) is 6.54 Å². The van der Waals surface area contributed by atoms with Gasteiger partial charge in [-0.05, 0) is 41.9 Å². The van der Waals surface area contributed by atoms with E-state index >= 15 is 0 Å². The van der Waals surface area contributed by atoms with E-state index in [1.807, 2.05) is 18.2 Å². The molecule has 0 radical (unpaired) electrons. The number of nitrogens with one attached hydrogen (secondary N) is 1. The highest BCUT2D eigenvalue weighted by atomic mass is 35.5. The predicted molar refractivity (Wildman–Crippen MR) is 87.5 cm³/mol. The average molecular weight is 302 g/mol. The van der Waals surface area contributed by atoms with Crippen LogP contribution < -0.4 is 5.32 Å². The van der Waals surface area contributed by atoms with Gasteiger partial charge in [0.15, 0.2) is 0 Å². The number of hydrogen-bond acceptors (Lipinski definition) is 1. The number of halogens is 2. The molecule has 1 aliphatic carbocycles. The van der Waals surface area contributed by atoms with Crippen LogP contribution in [0.15, 0.2) is 24.3 Å². The summed E-state index contributed by atoms with van der Waals surface area (Å²) < 4.78 is 0. The van der Waals surface area contributed by atoms with Gasteiger partial charge < -0.3 is 5.32 Å². The zero-order valence-electron chi connectivity index (χ0n) is 12.1. The van der Waals surface area contributed by atoms with E-state index in [2.05, 4.69) is 32.2 Å². The van der Waals surface area contributed by atoms with Crippen molar-refractivity contribution in [1.82, 2.24) is 0 Å². The van der Waals surface area contributed by atoms with E-state index in [0.29, 0.717) is 5.41 Å². The lowest BCUT2D eigenvalue weighted by Crippen LogP contribution is -2.38. The summed E-state index contributed by atoms with van der Waals surface area (Å²) in [7, 11) is 0. The van der Waals surface area contributed by atoms with E-state index in [1.165, 1.54) is 19.3 Å². The minimum Gasteiger partial charge on any atom is -0.385 e. The third-order valence-electron chi connectivity index (χ3n) is 4.52. The zero-order valence-corrected chi connectivity index (χ0v) is 13.7. The van der Waals surface area contributed by atoms with E-state index in [9.17, 15) is 0 Å². The molecule has 0 heterocycles. The Kier molecular flexibility index (Phi) is 6.01. The number of hydrogen-bond donors (Lipinski definition) is 1. The van der Waals surface area contributed by atoms with Crippen molar-refractivity contribution < 1.29 is 0 Å². The summed E-state index contributed by atoms with van der Waals surface area (Å²) in [5, 5.41) is 4.36. The Bertz CT molecular complexity index is 403. The first-order valence-electron chi connectivity index (χ1n) is 6.98. The molecule has 1 fully saturated rings. The molecule has 0 unspecified atom stereocenters. The molecule has 1 aromatic carbocycles. The van der Waals surface area contributed by atoms with Crippen molar-refractivity contribution in [3.8, 4) is 0 Å². The average Bonchev–Trinajstić information content (AvgIpc) is 2.27. The van der Waals surface area contributed by atoms with Crippen molar-refractivity contribution in [2.24, 2.45) is 17.3 Å². The van der Waals surface area contributed by atoms with Crippen LogP contribution in [0.1, 0.15) is 40.0 Å². The summed E-state index contributed by atoms with van der Waals surface area (Å²) in [6.45, 7) is 8.26. The molecule has 2 rings (SSSR count). The van der Waals surface area contributed by atoms with Crippen molar-refractivity contribution in [1.29, 1.82) is 0 Å². The van der Waals surface area contributed by atoms with E-state index in [4.69, 9.17) is 11.6 Å². The molecule has 1 aliphatic rings. The van der Waals surface area contributed by atoms with Gasteiger partial charge in [0.05, 0.1) is 0 Å². The van der Waals surface area contributed by atoms with Gasteiger partial charge in [0, 0.05) is 17.3 Å². The molecule has 108 valence electrons. The molecule has 1 aromatic rings. The van der Waals surface area contributed by atoms with Gasteiger partial charge >= 0.3 is 0 Å². The van der Waals surface area contributed by atoms with Gasteiger partial charge in [-0.25, -0.2) is 0 Å². The lowest BCUT2D eigenvalue weighted by Gasteiger charge is -2.43. The van der Waals surface area contributed by atoms with Gasteiger partial charge in [0.2, 0.25) is 0 Å². The summed E-state index contributed by atoms with van der Waals surface area (Å²) in [5.41, 5.74) is 1.58. The monoisotopic (exact) mass is 301 g/mol. The van der Waals surface area contributed by atoms with Gasteiger partial charge in [-0.15, -0.1) is 12.4 Å². The minimum absolute atomic E-state index is 0. The van der Waals surface area contributed by atoms with Crippen LogP contribution in [0, 0.1) is 17.3 Å². The zero-order chi connectivity index (χ0) is 13.2. The van der Waals surface area contributed by atoms with Crippen LogP contribution in [0.5, 0.6) is 0 Å². The standard InChI is InChI=1S/C16H24ClN.ClH/c1-12-6-5-9-16(2,3)15(12)11-18-14-8-4-7-13(17)10-14;/h4,7-8,10,12,15,18H,5-6,9,11H2,1-3H3;1H/t12-,15+;/m0./s1. The maximum atomic E-state index is 6.01. The second-order valence-electron chi connectivity index (χ2n) is 6.36. The molecule has 0 aromatic heterocycles. The molecule has 1 N–H and O–H groups in total. The van der Waals surface area contributed by atoms with Gasteiger partial charge in [0.25, 0.3) is 0 Å². The van der Waals surface area contributed by atoms with Crippen LogP contribution in [0.3, 0.4) is 0 Å². The quantitative estimate of drug-likeness (QED) is 0.762. The SMILES string of the molecule is C[C@H]1CCCC(C)(C)[C@@H]1CNc1cccc(Cl)c1.Cl. The lowest BCUT2D eigenvalue weighted by molar-refractivity contribution is 0.0944. The molecule has 19 heavy (non-hydrogen) atoms. The summed E-state index contributed by atoms with van der Waals surface area (Å²) in [5.74, 6) is 1.55. The van der Waals surface area contributed by atoms with E-state index in [-0.39, 0.29) is 12.4 Å². The molecule has 0 aliphatic heterocycles. The first-order chi connectivity index (χ1) is 8.49. The Labute approximate surface area is 128 Å². The highest BCUT2D eigenvalue weighted by Gasteiger charge is 2.36. The first-order valence-corrected chi connectivity index (χ1v) is 7.36. The van der Waals surface area contributed by atoms with E-state index in [1.54, 1.807) is 0 Å². The Balaban J connectivity index is 0.00000180. The fourth-order valence-corrected chi connectivity index (χ4v) is 3.53. The minimum atomic E-state index is 0. The number of anilines is 1. The Morgan fingerprint density at radius 3 is 2.74 bits per heavy atom. The maximum Gasteiger partial charge on any atom is 0.0426 e. The summed E-state index contributed by atoms with van der Waals surface area (Å²) in [4.78, 5) is 0. The lowest BCUT2D eigenvalue weighted by atomic mass is 9.64. The molecular formula is C16H25Cl2N. The topological polar surface area (TPSA) is 12.0 Å². The van der Waals surface area contributed by atoms with Gasteiger partial charge in [0.1, 0.15) is 0 Å². The van der Waals surface area contributed by atoms with E-state index in [0.717, 1.165) is 29.1 Å². The van der Waals surface area contributed by atoms with Crippen molar-refractivity contribution in [3.05, 3.63) is 29.3 Å². The van der Waals surface area contributed by atoms with Crippen LogP contribution in [0.4, 0.5) is 5.69 Å².